The van der Waals surface area contributed by atoms with Crippen molar-refractivity contribution in [2.75, 3.05) is 17.2 Å². The Hall–Kier alpha value is -1.24. The molecule has 1 heterocycles. The van der Waals surface area contributed by atoms with Crippen molar-refractivity contribution in [1.82, 2.24) is 14.8 Å². The molecule has 0 aliphatic carbocycles. The highest BCUT2D eigenvalue weighted by atomic mass is 32.2. The summed E-state index contributed by atoms with van der Waals surface area (Å²) in [6.45, 7) is 12.2. The van der Waals surface area contributed by atoms with Crippen molar-refractivity contribution in [2.45, 2.75) is 52.4 Å². The van der Waals surface area contributed by atoms with Crippen LogP contribution in [0.5, 0.6) is 0 Å². The van der Waals surface area contributed by atoms with Crippen molar-refractivity contribution in [3.8, 4) is 0 Å². The molecule has 0 aromatic carbocycles. The van der Waals surface area contributed by atoms with Gasteiger partial charge in [0.1, 0.15) is 0 Å². The van der Waals surface area contributed by atoms with Crippen LogP contribution >= 0.6 is 11.8 Å². The second-order valence-corrected chi connectivity index (χ2v) is 6.29. The largest absolute Gasteiger partial charge is 0.481 e. The number of thioether (sulfide) groups is 1. The summed E-state index contributed by atoms with van der Waals surface area (Å²) < 4.78 is 1.98. The average Bonchev–Trinajstić information content (AvgIpc) is 2.75. The molecule has 1 N–H and O–H groups in total. The average molecular weight is 300 g/mol. The van der Waals surface area contributed by atoms with Gasteiger partial charge in [-0.2, -0.15) is 0 Å². The lowest BCUT2D eigenvalue weighted by molar-refractivity contribution is -0.133. The van der Waals surface area contributed by atoms with Crippen LogP contribution in [0.2, 0.25) is 0 Å². The molecule has 0 fully saturated rings. The number of nitrogens with zero attached hydrogens (tertiary/aromatic N) is 4. The summed E-state index contributed by atoms with van der Waals surface area (Å²) in [5, 5.41) is 17.8. The first-order valence-electron chi connectivity index (χ1n) is 6.91. The summed E-state index contributed by atoms with van der Waals surface area (Å²) in [7, 11) is 0. The quantitative estimate of drug-likeness (QED) is 0.743. The Balaban J connectivity index is 3.00. The van der Waals surface area contributed by atoms with Crippen LogP contribution < -0.4 is 4.90 Å². The number of carbonyl (C=O) groups is 1. The summed E-state index contributed by atoms with van der Waals surface area (Å²) in [5.41, 5.74) is 0. The van der Waals surface area contributed by atoms with Gasteiger partial charge in [-0.25, -0.2) is 0 Å². The van der Waals surface area contributed by atoms with E-state index >= 15 is 0 Å². The minimum absolute atomic E-state index is 0.00396. The molecule has 1 aromatic rings. The first-order valence-corrected chi connectivity index (χ1v) is 7.89. The Morgan fingerprint density at radius 1 is 1.35 bits per heavy atom. The first kappa shape index (κ1) is 16.8. The molecule has 0 amide bonds. The normalized spacial score (nSPS) is 11.3. The highest BCUT2D eigenvalue weighted by Gasteiger charge is 2.21. The number of anilines is 1. The molecule has 0 aliphatic rings. The van der Waals surface area contributed by atoms with Crippen LogP contribution in [0.4, 0.5) is 5.95 Å². The molecular formula is C13H24N4O2S. The number of aliphatic carboxylic acids is 1. The van der Waals surface area contributed by atoms with Crippen LogP contribution in [0.1, 0.15) is 34.6 Å². The van der Waals surface area contributed by atoms with Gasteiger partial charge in [-0.15, -0.1) is 10.2 Å². The lowest BCUT2D eigenvalue weighted by atomic mass is 10.2. The van der Waals surface area contributed by atoms with Gasteiger partial charge in [0.15, 0.2) is 5.16 Å². The molecule has 7 heteroatoms. The van der Waals surface area contributed by atoms with E-state index in [-0.39, 0.29) is 5.75 Å². The number of rotatable bonds is 8. The molecule has 1 rings (SSSR count). The van der Waals surface area contributed by atoms with E-state index in [9.17, 15) is 4.79 Å². The molecule has 0 aliphatic heterocycles. The fraction of sp³-hybridized carbons (Fsp3) is 0.769. The molecule has 114 valence electrons. The van der Waals surface area contributed by atoms with Crippen molar-refractivity contribution in [1.29, 1.82) is 0 Å². The van der Waals surface area contributed by atoms with Crippen LogP contribution in [0.3, 0.4) is 0 Å². The standard InChI is InChI=1S/C13H24N4O2S/c1-6-16-12(17(10(4)5)7-9(2)3)14-15-13(16)20-8-11(18)19/h9-10H,6-8H2,1-5H3,(H,18,19). The Morgan fingerprint density at radius 3 is 2.45 bits per heavy atom. The molecule has 6 nitrogen and oxygen atoms in total. The van der Waals surface area contributed by atoms with Crippen LogP contribution in [0.25, 0.3) is 0 Å². The zero-order valence-corrected chi connectivity index (χ0v) is 13.6. The maximum atomic E-state index is 10.7. The Bertz CT molecular complexity index is 446. The number of hydrogen-bond acceptors (Lipinski definition) is 5. The zero-order chi connectivity index (χ0) is 15.3. The smallest absolute Gasteiger partial charge is 0.313 e. The number of carboxylic acid groups (broad SMARTS) is 1. The van der Waals surface area contributed by atoms with E-state index < -0.39 is 5.97 Å². The lowest BCUT2D eigenvalue weighted by Crippen LogP contribution is -2.36. The monoisotopic (exact) mass is 300 g/mol. The molecular weight excluding hydrogens is 276 g/mol. The van der Waals surface area contributed by atoms with E-state index in [1.54, 1.807) is 0 Å². The minimum atomic E-state index is -0.843. The second kappa shape index (κ2) is 7.52. The van der Waals surface area contributed by atoms with Gasteiger partial charge in [0, 0.05) is 19.1 Å². The molecule has 0 atom stereocenters. The van der Waals surface area contributed by atoms with Crippen molar-refractivity contribution in [2.24, 2.45) is 5.92 Å². The maximum Gasteiger partial charge on any atom is 0.313 e. The third kappa shape index (κ3) is 4.40. The molecule has 0 saturated heterocycles. The Morgan fingerprint density at radius 2 is 2.00 bits per heavy atom. The summed E-state index contributed by atoms with van der Waals surface area (Å²) in [5.74, 6) is 0.507. The van der Waals surface area contributed by atoms with E-state index in [0.717, 1.165) is 19.0 Å². The van der Waals surface area contributed by atoms with Crippen LogP contribution in [0.15, 0.2) is 5.16 Å². The topological polar surface area (TPSA) is 71.2 Å². The fourth-order valence-corrected chi connectivity index (χ4v) is 2.64. The number of hydrogen-bond donors (Lipinski definition) is 1. The molecule has 0 saturated carbocycles. The summed E-state index contributed by atoms with van der Waals surface area (Å²) in [6.07, 6.45) is 0. The van der Waals surface area contributed by atoms with Crippen molar-refractivity contribution in [3.05, 3.63) is 0 Å². The Kier molecular flexibility index (Phi) is 6.32. The van der Waals surface area contributed by atoms with Gasteiger partial charge in [-0.3, -0.25) is 9.36 Å². The number of carboxylic acids is 1. The molecule has 0 bridgehead atoms. The second-order valence-electron chi connectivity index (χ2n) is 5.35. The molecule has 1 aromatic heterocycles. The third-order valence-electron chi connectivity index (χ3n) is 2.78. The highest BCUT2D eigenvalue weighted by molar-refractivity contribution is 7.99. The van der Waals surface area contributed by atoms with Crippen molar-refractivity contribution < 1.29 is 9.90 Å². The van der Waals surface area contributed by atoms with E-state index in [4.69, 9.17) is 5.11 Å². The van der Waals surface area contributed by atoms with Gasteiger partial charge in [-0.05, 0) is 26.7 Å². The maximum absolute atomic E-state index is 10.7. The molecule has 0 unspecified atom stereocenters. The number of aromatic nitrogens is 3. The van der Waals surface area contributed by atoms with E-state index in [1.807, 2.05) is 11.5 Å². The van der Waals surface area contributed by atoms with E-state index in [1.165, 1.54) is 11.8 Å². The first-order chi connectivity index (χ1) is 9.36. The summed E-state index contributed by atoms with van der Waals surface area (Å²) >= 11 is 1.21. The van der Waals surface area contributed by atoms with E-state index in [0.29, 0.717) is 17.1 Å². The van der Waals surface area contributed by atoms with Gasteiger partial charge in [-0.1, -0.05) is 25.6 Å². The van der Waals surface area contributed by atoms with E-state index in [2.05, 4.69) is 42.8 Å². The van der Waals surface area contributed by atoms with Crippen LogP contribution in [-0.4, -0.2) is 44.2 Å². The van der Waals surface area contributed by atoms with Crippen molar-refractivity contribution in [3.63, 3.8) is 0 Å². The molecule has 0 radical (unpaired) electrons. The lowest BCUT2D eigenvalue weighted by Gasteiger charge is -2.29. The van der Waals surface area contributed by atoms with Crippen LogP contribution in [-0.2, 0) is 11.3 Å². The van der Waals surface area contributed by atoms with Crippen LogP contribution in [0, 0.1) is 5.92 Å². The molecule has 0 spiro atoms. The predicted molar refractivity (Wildman–Crippen MR) is 81.4 cm³/mol. The zero-order valence-electron chi connectivity index (χ0n) is 12.8. The highest BCUT2D eigenvalue weighted by Crippen LogP contribution is 2.23. The fourth-order valence-electron chi connectivity index (χ4n) is 1.92. The van der Waals surface area contributed by atoms with Gasteiger partial charge >= 0.3 is 5.97 Å². The van der Waals surface area contributed by atoms with Crippen molar-refractivity contribution >= 4 is 23.7 Å². The summed E-state index contributed by atoms with van der Waals surface area (Å²) in [6, 6.07) is 0.323. The van der Waals surface area contributed by atoms with Gasteiger partial charge in [0.25, 0.3) is 0 Å². The third-order valence-corrected chi connectivity index (χ3v) is 3.73. The van der Waals surface area contributed by atoms with Gasteiger partial charge < -0.3 is 10.0 Å². The SMILES string of the molecule is CCn1c(SCC(=O)O)nnc1N(CC(C)C)C(C)C. The minimum Gasteiger partial charge on any atom is -0.481 e. The van der Waals surface area contributed by atoms with Gasteiger partial charge in [0.05, 0.1) is 5.75 Å². The predicted octanol–water partition coefficient (Wildman–Crippen LogP) is 2.35. The summed E-state index contributed by atoms with van der Waals surface area (Å²) in [4.78, 5) is 12.9. The van der Waals surface area contributed by atoms with Gasteiger partial charge in [0.2, 0.25) is 5.95 Å². The Labute approximate surface area is 124 Å². The molecule has 20 heavy (non-hydrogen) atoms.